The van der Waals surface area contributed by atoms with Crippen molar-refractivity contribution in [3.63, 3.8) is 0 Å². The van der Waals surface area contributed by atoms with Crippen LogP contribution in [0.25, 0.3) is 0 Å². The Hall–Kier alpha value is -2.35. The fraction of sp³-hybridized carbons (Fsp3) is 0.308. The average molecular weight is 307 g/mol. The third-order valence-corrected chi connectivity index (χ3v) is 3.68. The number of hydrogen-bond acceptors (Lipinski definition) is 7. The summed E-state index contributed by atoms with van der Waals surface area (Å²) in [6, 6.07) is 3.57. The number of nitrogens with two attached hydrogens (primary N) is 1. The Labute approximate surface area is 126 Å². The molecule has 2 aromatic rings. The van der Waals surface area contributed by atoms with Crippen LogP contribution >= 0.6 is 11.3 Å². The van der Waals surface area contributed by atoms with Crippen molar-refractivity contribution in [1.82, 2.24) is 15.3 Å². The number of ether oxygens (including phenoxy) is 1. The summed E-state index contributed by atoms with van der Waals surface area (Å²) >= 11 is 1.24. The molecule has 0 saturated heterocycles. The maximum absolute atomic E-state index is 12.1. The first kappa shape index (κ1) is 15.0. The Kier molecular flexibility index (Phi) is 4.94. The Balaban J connectivity index is 2.01. The number of nitrogens with zero attached hydrogens (tertiary/aromatic N) is 2. The van der Waals surface area contributed by atoms with Crippen LogP contribution in [0.3, 0.4) is 0 Å². The van der Waals surface area contributed by atoms with Crippen molar-refractivity contribution >= 4 is 28.2 Å². The number of carbonyl (C=O) groups is 1. The van der Waals surface area contributed by atoms with Gasteiger partial charge in [0.05, 0.1) is 7.11 Å². The highest BCUT2D eigenvalue weighted by Crippen LogP contribution is 2.24. The molecular formula is C13H17N5O2S. The lowest BCUT2D eigenvalue weighted by Gasteiger charge is -2.05. The fourth-order valence-corrected chi connectivity index (χ4v) is 2.53. The van der Waals surface area contributed by atoms with Crippen molar-refractivity contribution in [2.75, 3.05) is 24.7 Å². The number of nitrogen functional groups attached to an aromatic ring is 1. The van der Waals surface area contributed by atoms with Crippen LogP contribution in [0.4, 0.5) is 10.9 Å². The van der Waals surface area contributed by atoms with Crippen LogP contribution in [0, 0.1) is 0 Å². The number of rotatable bonds is 6. The molecule has 0 radical (unpaired) electrons. The van der Waals surface area contributed by atoms with Gasteiger partial charge >= 0.3 is 0 Å². The predicted molar refractivity (Wildman–Crippen MR) is 82.6 cm³/mol. The van der Waals surface area contributed by atoms with Crippen molar-refractivity contribution in [3.05, 3.63) is 28.8 Å². The number of hydrogen-bond donors (Lipinski definition) is 3. The van der Waals surface area contributed by atoms with Crippen molar-refractivity contribution < 1.29 is 9.53 Å². The summed E-state index contributed by atoms with van der Waals surface area (Å²) < 4.78 is 5.04. The highest BCUT2D eigenvalue weighted by atomic mass is 32.1. The number of pyridine rings is 1. The molecule has 8 heteroatoms. The second kappa shape index (κ2) is 6.89. The van der Waals surface area contributed by atoms with Gasteiger partial charge in [0.25, 0.3) is 5.91 Å². The van der Waals surface area contributed by atoms with Crippen LogP contribution in [0.15, 0.2) is 18.3 Å². The van der Waals surface area contributed by atoms with Crippen LogP contribution in [-0.2, 0) is 6.54 Å². The minimum Gasteiger partial charge on any atom is -0.481 e. The second-order valence-corrected chi connectivity index (χ2v) is 5.15. The van der Waals surface area contributed by atoms with E-state index >= 15 is 0 Å². The Morgan fingerprint density at radius 2 is 2.33 bits per heavy atom. The zero-order valence-corrected chi connectivity index (χ0v) is 12.7. The maximum atomic E-state index is 12.1. The topological polar surface area (TPSA) is 102 Å². The summed E-state index contributed by atoms with van der Waals surface area (Å²) in [5.41, 5.74) is 6.65. The molecule has 112 valence electrons. The van der Waals surface area contributed by atoms with Gasteiger partial charge in [-0.1, -0.05) is 11.3 Å². The van der Waals surface area contributed by atoms with Gasteiger partial charge in [-0.2, -0.15) is 0 Å². The monoisotopic (exact) mass is 307 g/mol. The Bertz CT molecular complexity index is 629. The van der Waals surface area contributed by atoms with Gasteiger partial charge in [-0.3, -0.25) is 4.79 Å². The molecule has 0 spiro atoms. The van der Waals surface area contributed by atoms with Gasteiger partial charge in [-0.15, -0.1) is 0 Å². The molecule has 0 aromatic carbocycles. The maximum Gasteiger partial charge on any atom is 0.265 e. The molecule has 2 rings (SSSR count). The normalized spacial score (nSPS) is 10.2. The molecule has 0 aliphatic heterocycles. The molecule has 21 heavy (non-hydrogen) atoms. The first-order valence-corrected chi connectivity index (χ1v) is 7.23. The third kappa shape index (κ3) is 3.82. The van der Waals surface area contributed by atoms with Crippen LogP contribution in [0.1, 0.15) is 22.2 Å². The van der Waals surface area contributed by atoms with Gasteiger partial charge < -0.3 is 21.1 Å². The molecule has 0 aliphatic rings. The minimum atomic E-state index is -0.245. The molecule has 0 bridgehead atoms. The fourth-order valence-electron chi connectivity index (χ4n) is 1.66. The summed E-state index contributed by atoms with van der Waals surface area (Å²) in [6.45, 7) is 3.05. The lowest BCUT2D eigenvalue weighted by Crippen LogP contribution is -2.22. The molecule has 2 heterocycles. The van der Waals surface area contributed by atoms with E-state index in [4.69, 9.17) is 10.5 Å². The van der Waals surface area contributed by atoms with Crippen LogP contribution in [0.2, 0.25) is 0 Å². The smallest absolute Gasteiger partial charge is 0.265 e. The lowest BCUT2D eigenvalue weighted by atomic mass is 10.2. The number of thiazole rings is 1. The zero-order chi connectivity index (χ0) is 15.2. The summed E-state index contributed by atoms with van der Waals surface area (Å²) in [5, 5.41) is 6.48. The molecule has 2 aromatic heterocycles. The van der Waals surface area contributed by atoms with Gasteiger partial charge in [-0.25, -0.2) is 9.97 Å². The van der Waals surface area contributed by atoms with Gasteiger partial charge in [0, 0.05) is 25.4 Å². The third-order valence-electron chi connectivity index (χ3n) is 2.65. The summed E-state index contributed by atoms with van der Waals surface area (Å²) in [6.07, 6.45) is 1.63. The van der Waals surface area contributed by atoms with Crippen molar-refractivity contribution in [2.24, 2.45) is 0 Å². The van der Waals surface area contributed by atoms with E-state index in [9.17, 15) is 4.79 Å². The van der Waals surface area contributed by atoms with E-state index in [0.29, 0.717) is 22.4 Å². The van der Waals surface area contributed by atoms with Crippen molar-refractivity contribution in [1.29, 1.82) is 0 Å². The Morgan fingerprint density at radius 1 is 1.52 bits per heavy atom. The van der Waals surface area contributed by atoms with Crippen molar-refractivity contribution in [3.8, 4) is 5.88 Å². The first-order chi connectivity index (χ1) is 10.1. The highest BCUT2D eigenvalue weighted by molar-refractivity contribution is 7.18. The van der Waals surface area contributed by atoms with Gasteiger partial charge in [0.1, 0.15) is 10.7 Å². The molecular weight excluding hydrogens is 290 g/mol. The van der Waals surface area contributed by atoms with E-state index in [1.165, 1.54) is 11.3 Å². The molecule has 7 nitrogen and oxygen atoms in total. The van der Waals surface area contributed by atoms with E-state index in [2.05, 4.69) is 20.6 Å². The number of nitrogens with one attached hydrogen (secondary N) is 2. The summed E-state index contributed by atoms with van der Waals surface area (Å²) in [5.74, 6) is 0.499. The van der Waals surface area contributed by atoms with Crippen LogP contribution in [-0.4, -0.2) is 29.5 Å². The summed E-state index contributed by atoms with van der Waals surface area (Å²) in [4.78, 5) is 20.6. The van der Waals surface area contributed by atoms with E-state index in [0.717, 1.165) is 12.1 Å². The van der Waals surface area contributed by atoms with Crippen LogP contribution in [0.5, 0.6) is 5.88 Å². The van der Waals surface area contributed by atoms with Gasteiger partial charge in [0.15, 0.2) is 5.13 Å². The molecule has 0 saturated carbocycles. The number of anilines is 2. The molecule has 0 atom stereocenters. The quantitative estimate of drug-likeness (QED) is 0.747. The molecule has 4 N–H and O–H groups in total. The predicted octanol–water partition coefficient (Wildman–Crippen LogP) is 1.49. The largest absolute Gasteiger partial charge is 0.481 e. The number of aromatic nitrogens is 2. The van der Waals surface area contributed by atoms with Crippen molar-refractivity contribution in [2.45, 2.75) is 13.5 Å². The lowest BCUT2D eigenvalue weighted by molar-refractivity contribution is 0.0955. The van der Waals surface area contributed by atoms with E-state index in [1.807, 2.05) is 13.0 Å². The highest BCUT2D eigenvalue weighted by Gasteiger charge is 2.15. The molecule has 0 fully saturated rings. The number of amides is 1. The van der Waals surface area contributed by atoms with Gasteiger partial charge in [0.2, 0.25) is 5.88 Å². The summed E-state index contributed by atoms with van der Waals surface area (Å²) in [7, 11) is 1.55. The molecule has 0 aliphatic carbocycles. The number of methoxy groups -OCH3 is 1. The Morgan fingerprint density at radius 3 is 3.05 bits per heavy atom. The second-order valence-electron chi connectivity index (χ2n) is 4.15. The zero-order valence-electron chi connectivity index (χ0n) is 11.8. The molecule has 1 amide bonds. The van der Waals surface area contributed by atoms with E-state index in [-0.39, 0.29) is 11.7 Å². The number of carbonyl (C=O) groups excluding carboxylic acids is 1. The first-order valence-electron chi connectivity index (χ1n) is 6.41. The van der Waals surface area contributed by atoms with E-state index < -0.39 is 0 Å². The van der Waals surface area contributed by atoms with Gasteiger partial charge in [-0.05, 0) is 18.6 Å². The SMILES string of the molecule is CCNc1nc(N)c(C(=O)NCc2ccnc(OC)c2)s1. The molecule has 0 unspecified atom stereocenters. The van der Waals surface area contributed by atoms with Crippen LogP contribution < -0.4 is 21.1 Å². The average Bonchev–Trinajstić information content (AvgIpc) is 2.86. The minimum absolute atomic E-state index is 0.237. The standard InChI is InChI=1S/C13H17N5O2S/c1-3-15-13-18-11(14)10(21-13)12(19)17-7-8-4-5-16-9(6-8)20-2/h4-6H,3,7,14H2,1-2H3,(H,15,18)(H,17,19). The van der Waals surface area contributed by atoms with E-state index in [1.54, 1.807) is 19.4 Å².